The number of aryl methyl sites for hydroxylation is 1. The third-order valence-electron chi connectivity index (χ3n) is 2.71. The lowest BCUT2D eigenvalue weighted by molar-refractivity contribution is 0.409. The minimum absolute atomic E-state index is 0.141. The molecule has 0 saturated heterocycles. The highest BCUT2D eigenvalue weighted by molar-refractivity contribution is 5.18. The van der Waals surface area contributed by atoms with Crippen LogP contribution in [-0.4, -0.2) is 0 Å². The monoisotopic (exact) mass is 208 g/mol. The first-order chi connectivity index (χ1) is 7.04. The Morgan fingerprint density at radius 2 is 1.87 bits per heavy atom. The Balaban J connectivity index is 2.40. The molecule has 0 aliphatic heterocycles. The van der Waals surface area contributed by atoms with Crippen LogP contribution < -0.4 is 0 Å². The molecule has 0 spiro atoms. The molecule has 0 unspecified atom stereocenters. The third-order valence-corrected chi connectivity index (χ3v) is 2.71. The largest absolute Gasteiger partial charge is 0.469 e. The lowest BCUT2D eigenvalue weighted by atomic mass is 9.93. The van der Waals surface area contributed by atoms with Crippen LogP contribution in [0, 0.1) is 0 Å². The van der Waals surface area contributed by atoms with Crippen molar-refractivity contribution in [3.63, 3.8) is 0 Å². The summed E-state index contributed by atoms with van der Waals surface area (Å²) in [5.41, 5.74) is 1.50. The molecular formula is C14H24O. The van der Waals surface area contributed by atoms with Crippen molar-refractivity contribution < 1.29 is 4.42 Å². The molecule has 0 aliphatic rings. The molecule has 1 heterocycles. The average molecular weight is 208 g/mol. The molecule has 0 saturated carbocycles. The van der Waals surface area contributed by atoms with Gasteiger partial charge in [-0.2, -0.15) is 0 Å². The Morgan fingerprint density at radius 1 is 1.13 bits per heavy atom. The molecule has 1 nitrogen and oxygen atoms in total. The van der Waals surface area contributed by atoms with Gasteiger partial charge in [-0.25, -0.2) is 0 Å². The van der Waals surface area contributed by atoms with Crippen LogP contribution in [0.15, 0.2) is 16.7 Å². The first-order valence-corrected chi connectivity index (χ1v) is 6.12. The van der Waals surface area contributed by atoms with Crippen molar-refractivity contribution >= 4 is 0 Å². The van der Waals surface area contributed by atoms with Crippen molar-refractivity contribution in [1.82, 2.24) is 0 Å². The number of hydrogen-bond acceptors (Lipinski definition) is 1. The summed E-state index contributed by atoms with van der Waals surface area (Å²) >= 11 is 0. The molecule has 86 valence electrons. The van der Waals surface area contributed by atoms with Gasteiger partial charge in [0.15, 0.2) is 0 Å². The summed E-state index contributed by atoms with van der Waals surface area (Å²) in [6.07, 6.45) is 8.37. The summed E-state index contributed by atoms with van der Waals surface area (Å²) in [5.74, 6) is 1.10. The van der Waals surface area contributed by atoms with Gasteiger partial charge in [-0.15, -0.1) is 0 Å². The predicted octanol–water partition coefficient (Wildman–Crippen LogP) is 4.70. The summed E-state index contributed by atoms with van der Waals surface area (Å²) in [5, 5.41) is 0. The van der Waals surface area contributed by atoms with Crippen LogP contribution >= 0.6 is 0 Å². The van der Waals surface area contributed by atoms with Gasteiger partial charge in [0.05, 0.1) is 6.26 Å². The predicted molar refractivity (Wildman–Crippen MR) is 65.3 cm³/mol. The maximum absolute atomic E-state index is 5.59. The molecule has 1 heteroatoms. The van der Waals surface area contributed by atoms with E-state index in [1.807, 2.05) is 6.26 Å². The molecule has 0 N–H and O–H groups in total. The van der Waals surface area contributed by atoms with Gasteiger partial charge >= 0.3 is 0 Å². The Hall–Kier alpha value is -0.720. The van der Waals surface area contributed by atoms with Crippen LogP contribution in [0.25, 0.3) is 0 Å². The van der Waals surface area contributed by atoms with E-state index in [2.05, 4.69) is 33.8 Å². The zero-order chi connectivity index (χ0) is 11.3. The summed E-state index contributed by atoms with van der Waals surface area (Å²) in [7, 11) is 0. The van der Waals surface area contributed by atoms with E-state index >= 15 is 0 Å². The van der Waals surface area contributed by atoms with Crippen LogP contribution in [0.5, 0.6) is 0 Å². The second kappa shape index (κ2) is 5.39. The standard InChI is InChI=1S/C14H24O/c1-5-6-7-8-9-12-10-13(15-11-12)14(2,3)4/h10-11H,5-9H2,1-4H3. The topological polar surface area (TPSA) is 13.1 Å². The fourth-order valence-corrected chi connectivity index (χ4v) is 1.66. The van der Waals surface area contributed by atoms with Crippen LogP contribution in [0.2, 0.25) is 0 Å². The van der Waals surface area contributed by atoms with Crippen molar-refractivity contribution in [1.29, 1.82) is 0 Å². The Bertz CT molecular complexity index is 278. The Kier molecular flexibility index (Phi) is 4.44. The highest BCUT2D eigenvalue weighted by Crippen LogP contribution is 2.24. The second-order valence-electron chi connectivity index (χ2n) is 5.38. The zero-order valence-corrected chi connectivity index (χ0v) is 10.6. The quantitative estimate of drug-likeness (QED) is 0.639. The molecule has 0 aliphatic carbocycles. The number of hydrogen-bond donors (Lipinski definition) is 0. The molecule has 0 aromatic carbocycles. The van der Waals surface area contributed by atoms with Crippen LogP contribution in [0.1, 0.15) is 64.7 Å². The van der Waals surface area contributed by atoms with E-state index in [1.165, 1.54) is 37.7 Å². The fourth-order valence-electron chi connectivity index (χ4n) is 1.66. The zero-order valence-electron chi connectivity index (χ0n) is 10.6. The molecule has 0 amide bonds. The van der Waals surface area contributed by atoms with Crippen molar-refractivity contribution in [3.8, 4) is 0 Å². The molecule has 15 heavy (non-hydrogen) atoms. The van der Waals surface area contributed by atoms with Gasteiger partial charge in [0.1, 0.15) is 5.76 Å². The SMILES string of the molecule is CCCCCCc1coc(C(C)(C)C)c1. The molecular weight excluding hydrogens is 184 g/mol. The normalized spacial score (nSPS) is 12.0. The van der Waals surface area contributed by atoms with Crippen molar-refractivity contribution in [2.24, 2.45) is 0 Å². The van der Waals surface area contributed by atoms with E-state index in [4.69, 9.17) is 4.42 Å². The van der Waals surface area contributed by atoms with Gasteiger partial charge in [-0.05, 0) is 24.5 Å². The molecule has 0 radical (unpaired) electrons. The highest BCUT2D eigenvalue weighted by Gasteiger charge is 2.17. The lowest BCUT2D eigenvalue weighted by Crippen LogP contribution is -2.09. The van der Waals surface area contributed by atoms with Gasteiger partial charge in [-0.1, -0.05) is 47.0 Å². The maximum Gasteiger partial charge on any atom is 0.109 e. The second-order valence-corrected chi connectivity index (χ2v) is 5.38. The van der Waals surface area contributed by atoms with E-state index < -0.39 is 0 Å². The molecule has 0 atom stereocenters. The summed E-state index contributed by atoms with van der Waals surface area (Å²) in [6.45, 7) is 8.81. The number of rotatable bonds is 5. The lowest BCUT2D eigenvalue weighted by Gasteiger charge is -2.13. The van der Waals surface area contributed by atoms with Gasteiger partial charge in [0.25, 0.3) is 0 Å². The van der Waals surface area contributed by atoms with Crippen LogP contribution in [-0.2, 0) is 11.8 Å². The van der Waals surface area contributed by atoms with E-state index in [0.29, 0.717) is 0 Å². The summed E-state index contributed by atoms with van der Waals surface area (Å²) < 4.78 is 5.59. The highest BCUT2D eigenvalue weighted by atomic mass is 16.3. The molecule has 0 bridgehead atoms. The maximum atomic E-state index is 5.59. The fraction of sp³-hybridized carbons (Fsp3) is 0.714. The summed E-state index contributed by atoms with van der Waals surface area (Å²) in [6, 6.07) is 2.21. The average Bonchev–Trinajstić information content (AvgIpc) is 2.60. The Labute approximate surface area is 93.9 Å². The minimum atomic E-state index is 0.141. The first-order valence-electron chi connectivity index (χ1n) is 6.12. The van der Waals surface area contributed by atoms with Crippen LogP contribution in [0.3, 0.4) is 0 Å². The molecule has 0 fully saturated rings. The van der Waals surface area contributed by atoms with Gasteiger partial charge in [0, 0.05) is 5.41 Å². The van der Waals surface area contributed by atoms with Crippen molar-refractivity contribution in [3.05, 3.63) is 23.7 Å². The molecule has 1 aromatic heterocycles. The van der Waals surface area contributed by atoms with Gasteiger partial charge < -0.3 is 4.42 Å². The summed E-state index contributed by atoms with van der Waals surface area (Å²) in [4.78, 5) is 0. The molecule has 1 aromatic rings. The minimum Gasteiger partial charge on any atom is -0.469 e. The van der Waals surface area contributed by atoms with Crippen molar-refractivity contribution in [2.75, 3.05) is 0 Å². The van der Waals surface area contributed by atoms with Gasteiger partial charge in [-0.3, -0.25) is 0 Å². The van der Waals surface area contributed by atoms with E-state index in [1.54, 1.807) is 0 Å². The Morgan fingerprint density at radius 3 is 2.40 bits per heavy atom. The smallest absolute Gasteiger partial charge is 0.109 e. The number of furan rings is 1. The van der Waals surface area contributed by atoms with Crippen LogP contribution in [0.4, 0.5) is 0 Å². The first kappa shape index (κ1) is 12.4. The number of unbranched alkanes of at least 4 members (excludes halogenated alkanes) is 3. The third kappa shape index (κ3) is 4.11. The van der Waals surface area contributed by atoms with Gasteiger partial charge in [0.2, 0.25) is 0 Å². The van der Waals surface area contributed by atoms with E-state index in [0.717, 1.165) is 5.76 Å². The van der Waals surface area contributed by atoms with Crippen molar-refractivity contribution in [2.45, 2.75) is 65.2 Å². The molecule has 1 rings (SSSR count). The van der Waals surface area contributed by atoms with E-state index in [9.17, 15) is 0 Å². The van der Waals surface area contributed by atoms with E-state index in [-0.39, 0.29) is 5.41 Å².